The third-order valence-electron chi connectivity index (χ3n) is 3.22. The first kappa shape index (κ1) is 15.0. The van der Waals surface area contributed by atoms with Gasteiger partial charge in [-0.05, 0) is 20.8 Å². The zero-order chi connectivity index (χ0) is 14.4. The van der Waals surface area contributed by atoms with E-state index in [1.54, 1.807) is 0 Å². The molecule has 1 aliphatic heterocycles. The molecule has 0 bridgehead atoms. The molecule has 0 radical (unpaired) electrons. The fourth-order valence-corrected chi connectivity index (χ4v) is 2.35. The number of aromatic nitrogens is 2. The molecule has 1 aliphatic rings. The lowest BCUT2D eigenvalue weighted by Gasteiger charge is -2.29. The fraction of sp³-hybridized carbons (Fsp3) is 0.714. The molecule has 1 fully saturated rings. The van der Waals surface area contributed by atoms with E-state index in [1.807, 2.05) is 19.9 Å². The highest BCUT2D eigenvalue weighted by Gasteiger charge is 2.14. The minimum atomic E-state index is 0.344. The van der Waals surface area contributed by atoms with Crippen LogP contribution in [0.3, 0.4) is 0 Å². The summed E-state index contributed by atoms with van der Waals surface area (Å²) in [5.41, 5.74) is 0.969. The molecule has 6 nitrogen and oxygen atoms in total. The lowest BCUT2D eigenvalue weighted by molar-refractivity contribution is 0.0368. The highest BCUT2D eigenvalue weighted by molar-refractivity contribution is 5.42. The highest BCUT2D eigenvalue weighted by Crippen LogP contribution is 2.11. The van der Waals surface area contributed by atoms with Gasteiger partial charge in [-0.15, -0.1) is 0 Å². The van der Waals surface area contributed by atoms with Gasteiger partial charge in [0, 0.05) is 44.0 Å². The van der Waals surface area contributed by atoms with Crippen LogP contribution in [-0.4, -0.2) is 60.3 Å². The van der Waals surface area contributed by atoms with E-state index in [-0.39, 0.29) is 0 Å². The smallest absolute Gasteiger partial charge is 0.224 e. The van der Waals surface area contributed by atoms with Gasteiger partial charge in [0.05, 0.1) is 13.2 Å². The summed E-state index contributed by atoms with van der Waals surface area (Å²) in [5, 5.41) is 6.61. The number of hydrogen-bond acceptors (Lipinski definition) is 6. The quantitative estimate of drug-likeness (QED) is 0.819. The standard InChI is InChI=1S/C14H25N5O/c1-4-15-14-17-11(2)9-13(18-14)16-12(3)10-19-5-7-20-8-6-19/h9,12H,4-8,10H2,1-3H3,(H2,15,16,17,18). The van der Waals surface area contributed by atoms with Crippen LogP contribution in [0.4, 0.5) is 11.8 Å². The van der Waals surface area contributed by atoms with Crippen LogP contribution in [0.1, 0.15) is 19.5 Å². The largest absolute Gasteiger partial charge is 0.379 e. The lowest BCUT2D eigenvalue weighted by atomic mass is 10.3. The lowest BCUT2D eigenvalue weighted by Crippen LogP contribution is -2.42. The Morgan fingerprint density at radius 2 is 2.10 bits per heavy atom. The molecule has 0 aromatic carbocycles. The first-order valence-electron chi connectivity index (χ1n) is 7.33. The number of anilines is 2. The number of rotatable bonds is 6. The molecule has 0 saturated carbocycles. The zero-order valence-corrected chi connectivity index (χ0v) is 12.6. The molecule has 0 spiro atoms. The summed E-state index contributed by atoms with van der Waals surface area (Å²) < 4.78 is 5.37. The summed E-state index contributed by atoms with van der Waals surface area (Å²) in [5.74, 6) is 1.57. The maximum absolute atomic E-state index is 5.37. The first-order chi connectivity index (χ1) is 9.67. The Morgan fingerprint density at radius 3 is 2.80 bits per heavy atom. The third-order valence-corrected chi connectivity index (χ3v) is 3.22. The molecule has 6 heteroatoms. The fourth-order valence-electron chi connectivity index (χ4n) is 2.35. The van der Waals surface area contributed by atoms with Gasteiger partial charge in [0.15, 0.2) is 0 Å². The number of nitrogens with zero attached hydrogens (tertiary/aromatic N) is 3. The highest BCUT2D eigenvalue weighted by atomic mass is 16.5. The molecule has 2 N–H and O–H groups in total. The van der Waals surface area contributed by atoms with Crippen molar-refractivity contribution in [3.05, 3.63) is 11.8 Å². The van der Waals surface area contributed by atoms with Crippen molar-refractivity contribution in [2.24, 2.45) is 0 Å². The molecule has 1 saturated heterocycles. The van der Waals surface area contributed by atoms with E-state index < -0.39 is 0 Å². The van der Waals surface area contributed by atoms with Crippen LogP contribution < -0.4 is 10.6 Å². The molecule has 1 aromatic rings. The minimum absolute atomic E-state index is 0.344. The summed E-state index contributed by atoms with van der Waals surface area (Å²) >= 11 is 0. The van der Waals surface area contributed by atoms with E-state index >= 15 is 0 Å². The molecule has 112 valence electrons. The molecule has 2 heterocycles. The van der Waals surface area contributed by atoms with Crippen LogP contribution >= 0.6 is 0 Å². The molecule has 2 rings (SSSR count). The van der Waals surface area contributed by atoms with Crippen molar-refractivity contribution < 1.29 is 4.74 Å². The van der Waals surface area contributed by atoms with Crippen molar-refractivity contribution in [2.45, 2.75) is 26.8 Å². The van der Waals surface area contributed by atoms with Crippen molar-refractivity contribution in [3.63, 3.8) is 0 Å². The SMILES string of the molecule is CCNc1nc(C)cc(NC(C)CN2CCOCC2)n1. The Hall–Kier alpha value is -1.40. The van der Waals surface area contributed by atoms with Gasteiger partial charge in [0.1, 0.15) is 5.82 Å². The zero-order valence-electron chi connectivity index (χ0n) is 12.6. The van der Waals surface area contributed by atoms with Crippen LogP contribution in [-0.2, 0) is 4.74 Å². The Labute approximate surface area is 120 Å². The molecular weight excluding hydrogens is 254 g/mol. The second kappa shape index (κ2) is 7.40. The molecule has 1 atom stereocenters. The predicted octanol–water partition coefficient (Wildman–Crippen LogP) is 1.35. The van der Waals surface area contributed by atoms with E-state index in [0.717, 1.165) is 50.9 Å². The van der Waals surface area contributed by atoms with E-state index in [2.05, 4.69) is 32.4 Å². The summed E-state index contributed by atoms with van der Waals surface area (Å²) in [6, 6.07) is 2.33. The van der Waals surface area contributed by atoms with Crippen molar-refractivity contribution in [2.75, 3.05) is 50.0 Å². The Balaban J connectivity index is 1.90. The van der Waals surface area contributed by atoms with Crippen molar-refractivity contribution in [1.82, 2.24) is 14.9 Å². The van der Waals surface area contributed by atoms with Gasteiger partial charge >= 0.3 is 0 Å². The summed E-state index contributed by atoms with van der Waals surface area (Å²) in [6.45, 7) is 11.7. The van der Waals surface area contributed by atoms with E-state index in [4.69, 9.17) is 4.74 Å². The molecule has 0 aliphatic carbocycles. The van der Waals surface area contributed by atoms with Gasteiger partial charge in [-0.2, -0.15) is 4.98 Å². The van der Waals surface area contributed by atoms with Crippen molar-refractivity contribution in [3.8, 4) is 0 Å². The van der Waals surface area contributed by atoms with Crippen LogP contribution in [0.15, 0.2) is 6.07 Å². The van der Waals surface area contributed by atoms with Gasteiger partial charge in [0.25, 0.3) is 0 Å². The average molecular weight is 279 g/mol. The van der Waals surface area contributed by atoms with Crippen LogP contribution in [0.2, 0.25) is 0 Å². The number of hydrogen-bond donors (Lipinski definition) is 2. The number of aryl methyl sites for hydroxylation is 1. The molecule has 20 heavy (non-hydrogen) atoms. The van der Waals surface area contributed by atoms with Crippen molar-refractivity contribution in [1.29, 1.82) is 0 Å². The molecule has 1 unspecified atom stereocenters. The van der Waals surface area contributed by atoms with E-state index in [1.165, 1.54) is 0 Å². The number of morpholine rings is 1. The van der Waals surface area contributed by atoms with Gasteiger partial charge in [-0.25, -0.2) is 4.98 Å². The minimum Gasteiger partial charge on any atom is -0.379 e. The topological polar surface area (TPSA) is 62.3 Å². The van der Waals surface area contributed by atoms with Gasteiger partial charge in [-0.3, -0.25) is 4.90 Å². The van der Waals surface area contributed by atoms with Gasteiger partial charge in [-0.1, -0.05) is 0 Å². The van der Waals surface area contributed by atoms with Gasteiger partial charge < -0.3 is 15.4 Å². The monoisotopic (exact) mass is 279 g/mol. The van der Waals surface area contributed by atoms with Crippen LogP contribution in [0.25, 0.3) is 0 Å². The Bertz CT molecular complexity index is 420. The van der Waals surface area contributed by atoms with Gasteiger partial charge in [0.2, 0.25) is 5.95 Å². The number of ether oxygens (including phenoxy) is 1. The van der Waals surface area contributed by atoms with Crippen LogP contribution in [0, 0.1) is 6.92 Å². The molecule has 0 amide bonds. The van der Waals surface area contributed by atoms with E-state index in [0.29, 0.717) is 12.0 Å². The Morgan fingerprint density at radius 1 is 1.35 bits per heavy atom. The summed E-state index contributed by atoms with van der Waals surface area (Å²) in [7, 11) is 0. The third kappa shape index (κ3) is 4.61. The average Bonchev–Trinajstić information content (AvgIpc) is 2.39. The van der Waals surface area contributed by atoms with Crippen molar-refractivity contribution >= 4 is 11.8 Å². The van der Waals surface area contributed by atoms with Crippen LogP contribution in [0.5, 0.6) is 0 Å². The number of nitrogens with one attached hydrogen (secondary N) is 2. The normalized spacial score (nSPS) is 17.8. The van der Waals surface area contributed by atoms with E-state index in [9.17, 15) is 0 Å². The first-order valence-corrected chi connectivity index (χ1v) is 7.33. The molecule has 1 aromatic heterocycles. The second-order valence-electron chi connectivity index (χ2n) is 5.21. The maximum Gasteiger partial charge on any atom is 0.224 e. The predicted molar refractivity (Wildman–Crippen MR) is 81.3 cm³/mol. The maximum atomic E-state index is 5.37. The summed E-state index contributed by atoms with van der Waals surface area (Å²) in [6.07, 6.45) is 0. The Kier molecular flexibility index (Phi) is 5.55. The second-order valence-corrected chi connectivity index (χ2v) is 5.21. The molecular formula is C14H25N5O. The summed E-state index contributed by atoms with van der Waals surface area (Å²) in [4.78, 5) is 11.3.